The van der Waals surface area contributed by atoms with Crippen molar-refractivity contribution in [2.75, 3.05) is 13.2 Å². The predicted molar refractivity (Wildman–Crippen MR) is 45.1 cm³/mol. The quantitative estimate of drug-likeness (QED) is 0.523. The molecule has 1 fully saturated rings. The van der Waals surface area contributed by atoms with Gasteiger partial charge in [0.15, 0.2) is 0 Å². The van der Waals surface area contributed by atoms with Gasteiger partial charge in [-0.3, -0.25) is 0 Å². The molecule has 0 aromatic rings. The van der Waals surface area contributed by atoms with Gasteiger partial charge in [0, 0.05) is 13.2 Å². The monoisotopic (exact) mass is 243 g/mol. The van der Waals surface area contributed by atoms with Crippen molar-refractivity contribution in [1.29, 1.82) is 0 Å². The van der Waals surface area contributed by atoms with E-state index in [0.29, 0.717) is 0 Å². The van der Waals surface area contributed by atoms with E-state index in [0.717, 1.165) is 0 Å². The van der Waals surface area contributed by atoms with Gasteiger partial charge in [-0.25, -0.2) is 4.79 Å². The molecule has 1 saturated heterocycles. The Morgan fingerprint density at radius 2 is 1.94 bits per heavy atom. The minimum absolute atomic E-state index is 0.124. The summed E-state index contributed by atoms with van der Waals surface area (Å²) in [6.45, 7) is 0.411. The number of rotatable bonds is 2. The maximum absolute atomic E-state index is 11.9. The van der Waals surface area contributed by atoms with Crippen LogP contribution >= 0.6 is 0 Å². The molecule has 1 heterocycles. The molecule has 0 amide bonds. The van der Waals surface area contributed by atoms with Crippen LogP contribution in [0.15, 0.2) is 0 Å². The van der Waals surface area contributed by atoms with Gasteiger partial charge in [-0.15, -0.1) is 0 Å². The minimum atomic E-state index is -5.14. The number of ether oxygens (including phenoxy) is 2. The lowest BCUT2D eigenvalue weighted by Crippen LogP contribution is -2.56. The van der Waals surface area contributed by atoms with Gasteiger partial charge in [-0.05, 0) is 12.8 Å². The van der Waals surface area contributed by atoms with Crippen molar-refractivity contribution in [3.05, 3.63) is 0 Å². The predicted octanol–water partition coefficient (Wildman–Crippen LogP) is -0.0818. The molecule has 0 saturated carbocycles. The second kappa shape index (κ2) is 4.56. The summed E-state index contributed by atoms with van der Waals surface area (Å²) < 4.78 is 44.4. The summed E-state index contributed by atoms with van der Waals surface area (Å²) in [5.41, 5.74) is 4.24. The van der Waals surface area contributed by atoms with E-state index in [9.17, 15) is 23.1 Å². The lowest BCUT2D eigenvalue weighted by molar-refractivity contribution is -0.230. The molecular weight excluding hydrogens is 231 g/mol. The number of alkyl halides is 3. The smallest absolute Gasteiger partial charge is 0.427 e. The highest BCUT2D eigenvalue weighted by Gasteiger charge is 2.46. The van der Waals surface area contributed by atoms with Gasteiger partial charge in [0.25, 0.3) is 0 Å². The van der Waals surface area contributed by atoms with Crippen molar-refractivity contribution >= 4 is 5.97 Å². The van der Waals surface area contributed by atoms with E-state index in [1.54, 1.807) is 0 Å². The van der Waals surface area contributed by atoms with E-state index in [1.807, 2.05) is 0 Å². The SMILES string of the molecule is NC1(C(O)OC(=O)C(F)(F)F)CCOCC1. The average molecular weight is 243 g/mol. The zero-order chi connectivity index (χ0) is 12.4. The highest BCUT2D eigenvalue weighted by atomic mass is 19.4. The van der Waals surface area contributed by atoms with Crippen LogP contribution in [0.2, 0.25) is 0 Å². The van der Waals surface area contributed by atoms with Gasteiger partial charge >= 0.3 is 12.1 Å². The molecular formula is C8H12F3NO4. The Morgan fingerprint density at radius 3 is 2.38 bits per heavy atom. The van der Waals surface area contributed by atoms with Crippen molar-refractivity contribution in [3.8, 4) is 0 Å². The third kappa shape index (κ3) is 3.06. The Kier molecular flexibility index (Phi) is 3.76. The lowest BCUT2D eigenvalue weighted by Gasteiger charge is -2.36. The molecule has 94 valence electrons. The summed E-state index contributed by atoms with van der Waals surface area (Å²) in [5.74, 6) is -2.45. The van der Waals surface area contributed by atoms with Crippen molar-refractivity contribution in [2.24, 2.45) is 5.73 Å². The second-order valence-corrected chi connectivity index (χ2v) is 3.60. The lowest BCUT2D eigenvalue weighted by atomic mass is 9.91. The minimum Gasteiger partial charge on any atom is -0.427 e. The molecule has 0 aliphatic carbocycles. The first kappa shape index (κ1) is 13.2. The van der Waals surface area contributed by atoms with Crippen molar-refractivity contribution in [1.82, 2.24) is 0 Å². The zero-order valence-electron chi connectivity index (χ0n) is 8.29. The molecule has 1 aliphatic heterocycles. The van der Waals surface area contributed by atoms with Crippen LogP contribution in [0.3, 0.4) is 0 Å². The fourth-order valence-electron chi connectivity index (χ4n) is 1.28. The van der Waals surface area contributed by atoms with Gasteiger partial charge in [0.1, 0.15) is 0 Å². The van der Waals surface area contributed by atoms with Gasteiger partial charge in [0.2, 0.25) is 6.29 Å². The number of esters is 1. The number of aliphatic hydroxyl groups is 1. The summed E-state index contributed by atoms with van der Waals surface area (Å²) >= 11 is 0. The van der Waals surface area contributed by atoms with Crippen LogP contribution in [-0.4, -0.2) is 42.3 Å². The first-order valence-electron chi connectivity index (χ1n) is 4.58. The van der Waals surface area contributed by atoms with E-state index >= 15 is 0 Å². The molecule has 0 aromatic heterocycles. The summed E-state index contributed by atoms with van der Waals surface area (Å²) in [6.07, 6.45) is -6.87. The van der Waals surface area contributed by atoms with Crippen LogP contribution in [0.25, 0.3) is 0 Å². The highest BCUT2D eigenvalue weighted by Crippen LogP contribution is 2.25. The Morgan fingerprint density at radius 1 is 1.44 bits per heavy atom. The van der Waals surface area contributed by atoms with Crippen LogP contribution < -0.4 is 5.73 Å². The Balaban J connectivity index is 2.57. The van der Waals surface area contributed by atoms with E-state index in [-0.39, 0.29) is 26.1 Å². The number of carbonyl (C=O) groups excluding carboxylic acids is 1. The average Bonchev–Trinajstić information content (AvgIpc) is 2.17. The number of hydrogen-bond donors (Lipinski definition) is 2. The Hall–Kier alpha value is -0.860. The largest absolute Gasteiger partial charge is 0.491 e. The van der Waals surface area contributed by atoms with Crippen LogP contribution in [-0.2, 0) is 14.3 Å². The van der Waals surface area contributed by atoms with Crippen molar-refractivity contribution in [3.63, 3.8) is 0 Å². The van der Waals surface area contributed by atoms with Gasteiger partial charge in [-0.2, -0.15) is 13.2 Å². The molecule has 0 spiro atoms. The Bertz CT molecular complexity index is 262. The molecule has 1 atom stereocenters. The van der Waals surface area contributed by atoms with Gasteiger partial charge in [0.05, 0.1) is 5.54 Å². The van der Waals surface area contributed by atoms with Crippen molar-refractivity contribution < 1.29 is 32.5 Å². The fourth-order valence-corrected chi connectivity index (χ4v) is 1.28. The summed E-state index contributed by atoms with van der Waals surface area (Å²) in [4.78, 5) is 10.5. The van der Waals surface area contributed by atoms with Crippen molar-refractivity contribution in [2.45, 2.75) is 30.8 Å². The molecule has 16 heavy (non-hydrogen) atoms. The summed E-state index contributed by atoms with van der Waals surface area (Å²) in [6, 6.07) is 0. The fraction of sp³-hybridized carbons (Fsp3) is 0.875. The summed E-state index contributed by atoms with van der Waals surface area (Å²) in [7, 11) is 0. The van der Waals surface area contributed by atoms with E-state index < -0.39 is 24.0 Å². The van der Waals surface area contributed by atoms with E-state index in [4.69, 9.17) is 10.5 Å². The van der Waals surface area contributed by atoms with Gasteiger partial charge in [-0.1, -0.05) is 0 Å². The summed E-state index contributed by atoms with van der Waals surface area (Å²) in [5, 5.41) is 9.34. The first-order chi connectivity index (χ1) is 7.26. The molecule has 3 N–H and O–H groups in total. The van der Waals surface area contributed by atoms with Crippen LogP contribution in [0.5, 0.6) is 0 Å². The molecule has 0 aromatic carbocycles. The van der Waals surface area contributed by atoms with E-state index in [2.05, 4.69) is 4.74 Å². The number of halogens is 3. The van der Waals surface area contributed by atoms with Crippen LogP contribution in [0.1, 0.15) is 12.8 Å². The second-order valence-electron chi connectivity index (χ2n) is 3.60. The van der Waals surface area contributed by atoms with Crippen LogP contribution in [0, 0.1) is 0 Å². The molecule has 1 aliphatic rings. The third-order valence-electron chi connectivity index (χ3n) is 2.37. The zero-order valence-corrected chi connectivity index (χ0v) is 8.29. The third-order valence-corrected chi connectivity index (χ3v) is 2.37. The topological polar surface area (TPSA) is 81.8 Å². The molecule has 0 bridgehead atoms. The molecule has 1 rings (SSSR count). The maximum Gasteiger partial charge on any atom is 0.491 e. The number of hydrogen-bond acceptors (Lipinski definition) is 5. The molecule has 8 heteroatoms. The Labute approximate surface area is 89.3 Å². The highest BCUT2D eigenvalue weighted by molar-refractivity contribution is 5.75. The number of nitrogens with two attached hydrogens (primary N) is 1. The molecule has 5 nitrogen and oxygen atoms in total. The van der Waals surface area contributed by atoms with E-state index in [1.165, 1.54) is 0 Å². The number of aliphatic hydroxyl groups excluding tert-OH is 1. The number of carbonyl (C=O) groups is 1. The standard InChI is InChI=1S/C8H12F3NO4/c9-8(10,11)6(14)16-5(13)7(12)1-3-15-4-2-7/h5,13H,1-4,12H2. The molecule has 0 radical (unpaired) electrons. The van der Waals surface area contributed by atoms with Gasteiger partial charge < -0.3 is 20.3 Å². The maximum atomic E-state index is 11.9. The first-order valence-corrected chi connectivity index (χ1v) is 4.58. The normalized spacial score (nSPS) is 22.6. The molecule has 1 unspecified atom stereocenters. The van der Waals surface area contributed by atoms with Crippen LogP contribution in [0.4, 0.5) is 13.2 Å².